The number of aromatic carboxylic acids is 1. The second kappa shape index (κ2) is 9.67. The normalized spacial score (nSPS) is 16.7. The fraction of sp³-hybridized carbons (Fsp3) is 0.391. The first-order valence-electron chi connectivity index (χ1n) is 10.0. The van der Waals surface area contributed by atoms with Crippen LogP contribution in [0.15, 0.2) is 54.6 Å². The van der Waals surface area contributed by atoms with Crippen LogP contribution in [0.2, 0.25) is 0 Å². The van der Waals surface area contributed by atoms with E-state index in [0.29, 0.717) is 32.6 Å². The Hall–Kier alpha value is -2.70. The zero-order valence-corrected chi connectivity index (χ0v) is 16.7. The molecule has 154 valence electrons. The molecule has 0 bridgehead atoms. The minimum atomic E-state index is -0.961. The number of carboxylic acids is 1. The van der Waals surface area contributed by atoms with E-state index in [0.717, 1.165) is 12.0 Å². The highest BCUT2D eigenvalue weighted by Crippen LogP contribution is 2.23. The summed E-state index contributed by atoms with van der Waals surface area (Å²) in [7, 11) is 0. The molecule has 1 aliphatic rings. The average Bonchev–Trinajstić information content (AvgIpc) is 2.75. The summed E-state index contributed by atoms with van der Waals surface area (Å²) in [5.74, 6) is -0.999. The smallest absolute Gasteiger partial charge is 0.335 e. The molecule has 3 N–H and O–H groups in total. The number of amides is 1. The van der Waals surface area contributed by atoms with Gasteiger partial charge in [-0.3, -0.25) is 4.79 Å². The van der Waals surface area contributed by atoms with E-state index >= 15 is 0 Å². The summed E-state index contributed by atoms with van der Waals surface area (Å²) in [5, 5.41) is 15.6. The number of ether oxygens (including phenoxy) is 1. The maximum Gasteiger partial charge on any atom is 0.335 e. The van der Waals surface area contributed by atoms with Gasteiger partial charge in [-0.05, 0) is 49.4 Å². The molecule has 6 heteroatoms. The van der Waals surface area contributed by atoms with E-state index in [1.807, 2.05) is 25.1 Å². The topological polar surface area (TPSA) is 87.7 Å². The van der Waals surface area contributed by atoms with Gasteiger partial charge in [0.25, 0.3) is 0 Å². The quantitative estimate of drug-likeness (QED) is 0.639. The van der Waals surface area contributed by atoms with Gasteiger partial charge in [-0.15, -0.1) is 0 Å². The van der Waals surface area contributed by atoms with Crippen molar-refractivity contribution in [3.05, 3.63) is 71.3 Å². The van der Waals surface area contributed by atoms with E-state index in [4.69, 9.17) is 9.84 Å². The van der Waals surface area contributed by atoms with Crippen molar-refractivity contribution < 1.29 is 19.4 Å². The standard InChI is InChI=1S/C23H28N2O4/c1-17(19-7-9-20(10-8-19)21(26)27)25-22(28)23(12-15-29-16-13-23)24-14-11-18-5-3-2-4-6-18/h2-10,17,24H,11-16H2,1H3,(H,25,28)(H,26,27). The highest BCUT2D eigenvalue weighted by molar-refractivity contribution is 5.88. The van der Waals surface area contributed by atoms with Gasteiger partial charge in [0.05, 0.1) is 11.6 Å². The van der Waals surface area contributed by atoms with E-state index in [2.05, 4.69) is 22.8 Å². The minimum absolute atomic E-state index is 0.0383. The van der Waals surface area contributed by atoms with Gasteiger partial charge in [-0.2, -0.15) is 0 Å². The summed E-state index contributed by atoms with van der Waals surface area (Å²) in [6.45, 7) is 3.71. The lowest BCUT2D eigenvalue weighted by Crippen LogP contribution is -2.60. The number of rotatable bonds is 8. The molecule has 1 heterocycles. The Labute approximate surface area is 171 Å². The molecule has 1 fully saturated rings. The SMILES string of the molecule is CC(NC(=O)C1(NCCc2ccccc2)CCOCC1)c1ccc(C(=O)O)cc1. The van der Waals surface area contributed by atoms with Crippen LogP contribution in [0, 0.1) is 0 Å². The molecule has 3 rings (SSSR count). The zero-order valence-electron chi connectivity index (χ0n) is 16.7. The third-order valence-corrected chi connectivity index (χ3v) is 5.51. The average molecular weight is 396 g/mol. The van der Waals surface area contributed by atoms with Crippen molar-refractivity contribution in [2.75, 3.05) is 19.8 Å². The molecule has 1 unspecified atom stereocenters. The molecular weight excluding hydrogens is 368 g/mol. The lowest BCUT2D eigenvalue weighted by molar-refractivity contribution is -0.132. The van der Waals surface area contributed by atoms with Crippen molar-refractivity contribution in [1.82, 2.24) is 10.6 Å². The number of nitrogens with one attached hydrogen (secondary N) is 2. The summed E-state index contributed by atoms with van der Waals surface area (Å²) >= 11 is 0. The van der Waals surface area contributed by atoms with Crippen molar-refractivity contribution in [3.63, 3.8) is 0 Å². The van der Waals surface area contributed by atoms with Crippen LogP contribution in [-0.2, 0) is 16.0 Å². The number of carboxylic acid groups (broad SMARTS) is 1. The van der Waals surface area contributed by atoms with Crippen LogP contribution in [0.1, 0.15) is 47.3 Å². The van der Waals surface area contributed by atoms with Crippen LogP contribution < -0.4 is 10.6 Å². The Bertz CT molecular complexity index is 815. The Morgan fingerprint density at radius 3 is 2.34 bits per heavy atom. The number of hydrogen-bond donors (Lipinski definition) is 3. The third-order valence-electron chi connectivity index (χ3n) is 5.51. The second-order valence-electron chi connectivity index (χ2n) is 7.48. The number of carbonyl (C=O) groups is 2. The van der Waals surface area contributed by atoms with E-state index in [-0.39, 0.29) is 17.5 Å². The van der Waals surface area contributed by atoms with E-state index in [1.165, 1.54) is 5.56 Å². The van der Waals surface area contributed by atoms with Crippen molar-refractivity contribution >= 4 is 11.9 Å². The molecule has 0 saturated carbocycles. The summed E-state index contributed by atoms with van der Waals surface area (Å²) < 4.78 is 5.49. The van der Waals surface area contributed by atoms with Crippen molar-refractivity contribution in [1.29, 1.82) is 0 Å². The molecular formula is C23H28N2O4. The fourth-order valence-corrected chi connectivity index (χ4v) is 3.63. The molecule has 6 nitrogen and oxygen atoms in total. The number of hydrogen-bond acceptors (Lipinski definition) is 4. The van der Waals surface area contributed by atoms with Crippen LogP contribution in [0.3, 0.4) is 0 Å². The minimum Gasteiger partial charge on any atom is -0.478 e. The molecule has 2 aromatic carbocycles. The van der Waals surface area contributed by atoms with Gasteiger partial charge in [-0.25, -0.2) is 4.79 Å². The monoisotopic (exact) mass is 396 g/mol. The molecule has 0 aromatic heterocycles. The van der Waals surface area contributed by atoms with Crippen LogP contribution in [-0.4, -0.2) is 42.3 Å². The number of benzene rings is 2. The highest BCUT2D eigenvalue weighted by atomic mass is 16.5. The molecule has 1 aliphatic heterocycles. The lowest BCUT2D eigenvalue weighted by atomic mass is 9.88. The molecule has 2 aromatic rings. The predicted octanol–water partition coefficient (Wildman–Crippen LogP) is 2.94. The molecule has 1 saturated heterocycles. The molecule has 0 radical (unpaired) electrons. The van der Waals surface area contributed by atoms with Crippen molar-refractivity contribution in [2.45, 2.75) is 37.8 Å². The molecule has 1 amide bonds. The number of carbonyl (C=O) groups excluding carboxylic acids is 1. The first-order valence-corrected chi connectivity index (χ1v) is 10.0. The molecule has 1 atom stereocenters. The Morgan fingerprint density at radius 1 is 1.07 bits per heavy atom. The summed E-state index contributed by atoms with van der Waals surface area (Å²) in [6.07, 6.45) is 2.10. The van der Waals surface area contributed by atoms with Crippen LogP contribution in [0.25, 0.3) is 0 Å². The maximum atomic E-state index is 13.2. The third kappa shape index (κ3) is 5.43. The molecule has 29 heavy (non-hydrogen) atoms. The van der Waals surface area contributed by atoms with E-state index < -0.39 is 11.5 Å². The van der Waals surface area contributed by atoms with Gasteiger partial charge in [0.15, 0.2) is 0 Å². The lowest BCUT2D eigenvalue weighted by Gasteiger charge is -2.37. The molecule has 0 aliphatic carbocycles. The largest absolute Gasteiger partial charge is 0.478 e. The van der Waals surface area contributed by atoms with Crippen LogP contribution in [0.4, 0.5) is 0 Å². The van der Waals surface area contributed by atoms with Crippen molar-refractivity contribution in [3.8, 4) is 0 Å². The van der Waals surface area contributed by atoms with Gasteiger partial charge in [0.2, 0.25) is 5.91 Å². The van der Waals surface area contributed by atoms with Crippen molar-refractivity contribution in [2.24, 2.45) is 0 Å². The van der Waals surface area contributed by atoms with Gasteiger partial charge in [0.1, 0.15) is 5.54 Å². The maximum absolute atomic E-state index is 13.2. The Kier molecular flexibility index (Phi) is 7.01. The van der Waals surface area contributed by atoms with E-state index in [1.54, 1.807) is 24.3 Å². The highest BCUT2D eigenvalue weighted by Gasteiger charge is 2.40. The fourth-order valence-electron chi connectivity index (χ4n) is 3.63. The van der Waals surface area contributed by atoms with Crippen LogP contribution in [0.5, 0.6) is 0 Å². The Morgan fingerprint density at radius 2 is 1.72 bits per heavy atom. The summed E-state index contributed by atoms with van der Waals surface area (Å²) in [5.41, 5.74) is 1.68. The summed E-state index contributed by atoms with van der Waals surface area (Å²) in [4.78, 5) is 24.2. The molecule has 0 spiro atoms. The van der Waals surface area contributed by atoms with Gasteiger partial charge >= 0.3 is 5.97 Å². The predicted molar refractivity (Wildman–Crippen MR) is 111 cm³/mol. The van der Waals surface area contributed by atoms with Gasteiger partial charge in [0, 0.05) is 19.8 Å². The van der Waals surface area contributed by atoms with Gasteiger partial charge in [-0.1, -0.05) is 42.5 Å². The van der Waals surface area contributed by atoms with Crippen LogP contribution >= 0.6 is 0 Å². The summed E-state index contributed by atoms with van der Waals surface area (Å²) in [6, 6.07) is 16.6. The second-order valence-corrected chi connectivity index (χ2v) is 7.48. The first kappa shape index (κ1) is 21.0. The zero-order chi connectivity index (χ0) is 20.7. The Balaban J connectivity index is 1.64. The first-order chi connectivity index (χ1) is 14.0. The van der Waals surface area contributed by atoms with Gasteiger partial charge < -0.3 is 20.5 Å². The van der Waals surface area contributed by atoms with E-state index in [9.17, 15) is 9.59 Å².